The van der Waals surface area contributed by atoms with E-state index in [9.17, 15) is 4.79 Å². The Balaban J connectivity index is 2.15. The summed E-state index contributed by atoms with van der Waals surface area (Å²) in [5.74, 6) is -0.0441. The van der Waals surface area contributed by atoms with Gasteiger partial charge in [-0.1, -0.05) is 19.3 Å². The summed E-state index contributed by atoms with van der Waals surface area (Å²) in [5.41, 5.74) is 8.05. The second-order valence-electron chi connectivity index (χ2n) is 5.58. The standard InChI is InChI=1S/C15H23N3O/c1-11-6-7-13(12(2)17-11)14(19)18-15(10-16)8-4-3-5-9-15/h6-7H,3-5,8-10,16H2,1-2H3,(H,18,19). The predicted octanol–water partition coefficient (Wildman–Crippen LogP) is 2.09. The maximum Gasteiger partial charge on any atom is 0.253 e. The lowest BCUT2D eigenvalue weighted by molar-refractivity contribution is 0.0873. The number of hydrogen-bond donors (Lipinski definition) is 2. The molecule has 104 valence electrons. The highest BCUT2D eigenvalue weighted by atomic mass is 16.1. The van der Waals surface area contributed by atoms with E-state index in [1.54, 1.807) is 0 Å². The zero-order chi connectivity index (χ0) is 13.9. The summed E-state index contributed by atoms with van der Waals surface area (Å²) in [5, 5.41) is 3.15. The van der Waals surface area contributed by atoms with Crippen LogP contribution in [-0.4, -0.2) is 23.0 Å². The van der Waals surface area contributed by atoms with Gasteiger partial charge in [0.1, 0.15) is 0 Å². The molecule has 0 unspecified atom stereocenters. The first-order chi connectivity index (χ1) is 9.06. The van der Waals surface area contributed by atoms with E-state index in [1.807, 2.05) is 26.0 Å². The van der Waals surface area contributed by atoms with Crippen molar-refractivity contribution in [3.63, 3.8) is 0 Å². The number of carbonyl (C=O) groups is 1. The summed E-state index contributed by atoms with van der Waals surface area (Å²) in [7, 11) is 0. The van der Waals surface area contributed by atoms with Crippen LogP contribution in [-0.2, 0) is 0 Å². The lowest BCUT2D eigenvalue weighted by atomic mass is 9.81. The Hall–Kier alpha value is -1.42. The molecule has 0 atom stereocenters. The molecule has 4 nitrogen and oxygen atoms in total. The SMILES string of the molecule is Cc1ccc(C(=O)NC2(CN)CCCCC2)c(C)n1. The molecule has 4 heteroatoms. The van der Waals surface area contributed by atoms with Crippen LogP contribution >= 0.6 is 0 Å². The third-order valence-electron chi connectivity index (χ3n) is 4.05. The third-order valence-corrected chi connectivity index (χ3v) is 4.05. The number of nitrogens with zero attached hydrogens (tertiary/aromatic N) is 1. The van der Waals surface area contributed by atoms with Crippen LogP contribution in [0.3, 0.4) is 0 Å². The molecule has 1 fully saturated rings. The first kappa shape index (κ1) is 14.0. The van der Waals surface area contributed by atoms with Crippen LogP contribution in [0.1, 0.15) is 53.8 Å². The number of carbonyl (C=O) groups excluding carboxylic acids is 1. The van der Waals surface area contributed by atoms with Crippen LogP contribution in [0.2, 0.25) is 0 Å². The van der Waals surface area contributed by atoms with Gasteiger partial charge in [-0.3, -0.25) is 9.78 Å². The number of rotatable bonds is 3. The molecule has 1 aromatic rings. The van der Waals surface area contributed by atoms with Crippen LogP contribution in [0.5, 0.6) is 0 Å². The summed E-state index contributed by atoms with van der Waals surface area (Å²) in [6.07, 6.45) is 5.48. The van der Waals surface area contributed by atoms with E-state index in [0.717, 1.165) is 37.1 Å². The molecule has 1 amide bonds. The fourth-order valence-corrected chi connectivity index (χ4v) is 2.84. The lowest BCUT2D eigenvalue weighted by Gasteiger charge is -2.37. The van der Waals surface area contributed by atoms with E-state index >= 15 is 0 Å². The van der Waals surface area contributed by atoms with Gasteiger partial charge < -0.3 is 11.1 Å². The Morgan fingerprint density at radius 2 is 2.00 bits per heavy atom. The molecule has 1 aliphatic rings. The first-order valence-corrected chi connectivity index (χ1v) is 7.03. The van der Waals surface area contributed by atoms with Crippen molar-refractivity contribution in [3.8, 4) is 0 Å². The number of pyridine rings is 1. The number of amides is 1. The monoisotopic (exact) mass is 261 g/mol. The van der Waals surface area contributed by atoms with Crippen molar-refractivity contribution in [3.05, 3.63) is 29.1 Å². The van der Waals surface area contributed by atoms with Gasteiger partial charge in [-0.05, 0) is 38.8 Å². The predicted molar refractivity (Wildman–Crippen MR) is 76.0 cm³/mol. The molecule has 0 spiro atoms. The first-order valence-electron chi connectivity index (χ1n) is 7.03. The van der Waals surface area contributed by atoms with Gasteiger partial charge in [0.05, 0.1) is 16.8 Å². The van der Waals surface area contributed by atoms with E-state index in [1.165, 1.54) is 6.42 Å². The number of aryl methyl sites for hydroxylation is 2. The number of nitrogens with one attached hydrogen (secondary N) is 1. The van der Waals surface area contributed by atoms with E-state index in [4.69, 9.17) is 5.73 Å². The second kappa shape index (κ2) is 5.70. The Kier molecular flexibility index (Phi) is 4.20. The van der Waals surface area contributed by atoms with Crippen molar-refractivity contribution >= 4 is 5.91 Å². The van der Waals surface area contributed by atoms with E-state index < -0.39 is 0 Å². The van der Waals surface area contributed by atoms with Crippen LogP contribution in [0.4, 0.5) is 0 Å². The lowest BCUT2D eigenvalue weighted by Crippen LogP contribution is -2.54. The van der Waals surface area contributed by atoms with Crippen LogP contribution in [0.25, 0.3) is 0 Å². The van der Waals surface area contributed by atoms with Crippen molar-refractivity contribution in [2.45, 2.75) is 51.5 Å². The summed E-state index contributed by atoms with van der Waals surface area (Å²) in [6, 6.07) is 3.72. The number of hydrogen-bond acceptors (Lipinski definition) is 3. The second-order valence-corrected chi connectivity index (χ2v) is 5.58. The molecule has 0 bridgehead atoms. The van der Waals surface area contributed by atoms with Gasteiger partial charge in [0.25, 0.3) is 5.91 Å². The normalized spacial score (nSPS) is 18.1. The smallest absolute Gasteiger partial charge is 0.253 e. The highest BCUT2D eigenvalue weighted by Crippen LogP contribution is 2.27. The zero-order valence-corrected chi connectivity index (χ0v) is 11.8. The van der Waals surface area contributed by atoms with Crippen molar-refractivity contribution in [2.24, 2.45) is 5.73 Å². The quantitative estimate of drug-likeness (QED) is 0.875. The van der Waals surface area contributed by atoms with E-state index in [2.05, 4.69) is 10.3 Å². The van der Waals surface area contributed by atoms with Crippen molar-refractivity contribution < 1.29 is 4.79 Å². The average Bonchev–Trinajstić information content (AvgIpc) is 2.39. The Bertz CT molecular complexity index is 464. The Morgan fingerprint density at radius 3 is 2.58 bits per heavy atom. The maximum absolute atomic E-state index is 12.4. The molecular formula is C15H23N3O. The van der Waals surface area contributed by atoms with Gasteiger partial charge >= 0.3 is 0 Å². The van der Waals surface area contributed by atoms with Crippen molar-refractivity contribution in [2.75, 3.05) is 6.54 Å². The number of aromatic nitrogens is 1. The van der Waals surface area contributed by atoms with Crippen LogP contribution in [0.15, 0.2) is 12.1 Å². The Morgan fingerprint density at radius 1 is 1.32 bits per heavy atom. The van der Waals surface area contributed by atoms with Gasteiger partial charge in [0, 0.05) is 12.2 Å². The summed E-state index contributed by atoms with van der Waals surface area (Å²) >= 11 is 0. The van der Waals surface area contributed by atoms with Gasteiger partial charge in [0.15, 0.2) is 0 Å². The molecular weight excluding hydrogens is 238 g/mol. The van der Waals surface area contributed by atoms with Gasteiger partial charge in [-0.2, -0.15) is 0 Å². The Labute approximate surface area is 114 Å². The summed E-state index contributed by atoms with van der Waals surface area (Å²) in [4.78, 5) is 16.7. The molecule has 0 saturated heterocycles. The van der Waals surface area contributed by atoms with E-state index in [0.29, 0.717) is 12.1 Å². The molecule has 1 aromatic heterocycles. The topological polar surface area (TPSA) is 68.0 Å². The highest BCUT2D eigenvalue weighted by molar-refractivity contribution is 5.95. The molecule has 3 N–H and O–H groups in total. The summed E-state index contributed by atoms with van der Waals surface area (Å²) < 4.78 is 0. The minimum absolute atomic E-state index is 0.0441. The molecule has 19 heavy (non-hydrogen) atoms. The largest absolute Gasteiger partial charge is 0.345 e. The molecule has 2 rings (SSSR count). The highest BCUT2D eigenvalue weighted by Gasteiger charge is 2.32. The average molecular weight is 261 g/mol. The number of nitrogens with two attached hydrogens (primary N) is 1. The molecule has 0 aromatic carbocycles. The summed E-state index contributed by atoms with van der Waals surface area (Å²) in [6.45, 7) is 4.31. The molecule has 1 saturated carbocycles. The van der Waals surface area contributed by atoms with Gasteiger partial charge in [-0.15, -0.1) is 0 Å². The maximum atomic E-state index is 12.4. The van der Waals surface area contributed by atoms with E-state index in [-0.39, 0.29) is 11.4 Å². The van der Waals surface area contributed by atoms with Crippen molar-refractivity contribution in [1.29, 1.82) is 0 Å². The third kappa shape index (κ3) is 3.13. The molecule has 1 heterocycles. The fourth-order valence-electron chi connectivity index (χ4n) is 2.84. The van der Waals surface area contributed by atoms with Crippen LogP contribution in [0, 0.1) is 13.8 Å². The molecule has 0 aliphatic heterocycles. The van der Waals surface area contributed by atoms with Crippen molar-refractivity contribution in [1.82, 2.24) is 10.3 Å². The van der Waals surface area contributed by atoms with Gasteiger partial charge in [-0.25, -0.2) is 0 Å². The zero-order valence-electron chi connectivity index (χ0n) is 11.8. The van der Waals surface area contributed by atoms with Gasteiger partial charge in [0.2, 0.25) is 0 Å². The molecule has 1 aliphatic carbocycles. The molecule has 0 radical (unpaired) electrons. The minimum Gasteiger partial charge on any atom is -0.345 e. The fraction of sp³-hybridized carbons (Fsp3) is 0.600. The van der Waals surface area contributed by atoms with Crippen LogP contribution < -0.4 is 11.1 Å². The minimum atomic E-state index is -0.216.